The van der Waals surface area contributed by atoms with Crippen LogP contribution in [0, 0.1) is 0 Å². The monoisotopic (exact) mass is 669 g/mol. The summed E-state index contributed by atoms with van der Waals surface area (Å²) in [6, 6.07) is 7.47. The van der Waals surface area contributed by atoms with Gasteiger partial charge < -0.3 is 25.1 Å². The molecule has 4 N–H and O–H groups in total. The number of aliphatic hydroxyl groups excluding tert-OH is 3. The van der Waals surface area contributed by atoms with Crippen molar-refractivity contribution in [3.8, 4) is 0 Å². The lowest BCUT2D eigenvalue weighted by atomic mass is 9.91. The average molecular weight is 670 g/mol. The molecule has 3 aromatic rings. The van der Waals surface area contributed by atoms with Gasteiger partial charge in [0.05, 0.1) is 18.8 Å². The number of aliphatic hydroxyl groups is 3. The summed E-state index contributed by atoms with van der Waals surface area (Å²) in [6.07, 6.45) is -5.78. The van der Waals surface area contributed by atoms with E-state index in [-0.39, 0.29) is 32.9 Å². The van der Waals surface area contributed by atoms with Crippen molar-refractivity contribution in [3.63, 3.8) is 0 Å². The van der Waals surface area contributed by atoms with Crippen molar-refractivity contribution >= 4 is 52.6 Å². The minimum Gasteiger partial charge on any atom is -0.394 e. The first-order valence-corrected chi connectivity index (χ1v) is 16.2. The second kappa shape index (κ2) is 15.7. The molecule has 3 aromatic carbocycles. The number of hydrogen-bond acceptors (Lipinski definition) is 7. The number of nitrogens with zero attached hydrogens (tertiary/aromatic N) is 1. The lowest BCUT2D eigenvalue weighted by Crippen LogP contribution is -2.38. The number of benzene rings is 3. The van der Waals surface area contributed by atoms with Crippen molar-refractivity contribution in [1.29, 1.82) is 0 Å². The summed E-state index contributed by atoms with van der Waals surface area (Å²) < 4.78 is 64.5. The van der Waals surface area contributed by atoms with E-state index in [1.165, 1.54) is 24.3 Å². The van der Waals surface area contributed by atoms with Gasteiger partial charge >= 0.3 is 14.0 Å². The van der Waals surface area contributed by atoms with Gasteiger partial charge in [-0.15, -0.1) is 0 Å². The summed E-state index contributed by atoms with van der Waals surface area (Å²) in [6.45, 7) is 3.76. The van der Waals surface area contributed by atoms with Gasteiger partial charge in [0.1, 0.15) is 18.3 Å². The van der Waals surface area contributed by atoms with Crippen molar-refractivity contribution in [2.75, 3.05) is 32.8 Å². The Balaban J connectivity index is 2.18. The standard InChI is InChI=1S/C29H37Cl2F3NO7P/c1-3-5-9-35(10-6-4-2)15-27(42-43(39,40)41-17-20(37)16-36)28(38)25-14-24-23(12-19(30)13-26(24)31)22-11-18(29(32,33)34)7-8-21(22)25/h7-8,11-14,20,27-28,36-38H,3-6,9-10,15-17H2,1-2H3,(H,39,40). The lowest BCUT2D eigenvalue weighted by molar-refractivity contribution is -0.137. The zero-order valence-corrected chi connectivity index (χ0v) is 26.3. The minimum absolute atomic E-state index is 0.0217. The first-order valence-electron chi connectivity index (χ1n) is 14.0. The average Bonchev–Trinajstić information content (AvgIpc) is 2.95. The number of phosphoric ester groups is 1. The van der Waals surface area contributed by atoms with Crippen LogP contribution >= 0.6 is 31.0 Å². The molecule has 0 heterocycles. The van der Waals surface area contributed by atoms with Crippen LogP contribution in [0.1, 0.15) is 56.8 Å². The highest BCUT2D eigenvalue weighted by Gasteiger charge is 2.36. The van der Waals surface area contributed by atoms with Crippen LogP contribution in [0.15, 0.2) is 36.4 Å². The first-order chi connectivity index (χ1) is 20.2. The molecule has 0 aliphatic rings. The summed E-state index contributed by atoms with van der Waals surface area (Å²) in [5.41, 5.74) is -0.801. The van der Waals surface area contributed by atoms with Gasteiger partial charge in [-0.25, -0.2) is 4.57 Å². The topological polar surface area (TPSA) is 120 Å². The zero-order valence-electron chi connectivity index (χ0n) is 23.9. The van der Waals surface area contributed by atoms with Crippen LogP contribution in [-0.2, 0) is 19.8 Å². The van der Waals surface area contributed by atoms with Gasteiger partial charge in [0.25, 0.3) is 0 Å². The van der Waals surface area contributed by atoms with E-state index in [0.717, 1.165) is 37.8 Å². The zero-order chi connectivity index (χ0) is 31.9. The van der Waals surface area contributed by atoms with Crippen LogP contribution in [0.2, 0.25) is 10.0 Å². The largest absolute Gasteiger partial charge is 0.472 e. The highest BCUT2D eigenvalue weighted by Crippen LogP contribution is 2.48. The van der Waals surface area contributed by atoms with Gasteiger partial charge in [0, 0.05) is 22.0 Å². The molecule has 0 aliphatic carbocycles. The third-order valence-electron chi connectivity index (χ3n) is 7.02. The molecule has 0 radical (unpaired) electrons. The fraction of sp³-hybridized carbons (Fsp3) is 0.517. The molecule has 240 valence electrons. The Labute approximate surface area is 258 Å². The van der Waals surface area contributed by atoms with Gasteiger partial charge in [-0.1, -0.05) is 56.0 Å². The maximum Gasteiger partial charge on any atom is 0.472 e. The number of hydrogen-bond donors (Lipinski definition) is 4. The Morgan fingerprint density at radius 2 is 1.58 bits per heavy atom. The molecule has 0 spiro atoms. The van der Waals surface area contributed by atoms with E-state index in [0.29, 0.717) is 23.9 Å². The van der Waals surface area contributed by atoms with E-state index in [1.54, 1.807) is 0 Å². The van der Waals surface area contributed by atoms with E-state index in [9.17, 15) is 32.8 Å². The normalized spacial score (nSPS) is 16.1. The van der Waals surface area contributed by atoms with Crippen molar-refractivity contribution < 1.29 is 47.0 Å². The third kappa shape index (κ3) is 9.74. The van der Waals surface area contributed by atoms with Crippen LogP contribution < -0.4 is 0 Å². The van der Waals surface area contributed by atoms with E-state index in [2.05, 4.69) is 0 Å². The molecule has 4 unspecified atom stereocenters. The molecule has 0 fully saturated rings. The second-order valence-electron chi connectivity index (χ2n) is 10.4. The lowest BCUT2D eigenvalue weighted by Gasteiger charge is -2.32. The van der Waals surface area contributed by atoms with E-state index >= 15 is 0 Å². The molecule has 0 aromatic heterocycles. The number of halogens is 5. The third-order valence-corrected chi connectivity index (χ3v) is 8.56. The summed E-state index contributed by atoms with van der Waals surface area (Å²) in [7, 11) is -4.90. The van der Waals surface area contributed by atoms with Crippen molar-refractivity contribution in [3.05, 3.63) is 57.6 Å². The summed E-state index contributed by atoms with van der Waals surface area (Å²) in [5, 5.41) is 31.8. The molecule has 43 heavy (non-hydrogen) atoms. The molecule has 14 heteroatoms. The summed E-state index contributed by atoms with van der Waals surface area (Å²) in [4.78, 5) is 12.5. The van der Waals surface area contributed by atoms with Crippen LogP contribution in [-0.4, -0.2) is 70.2 Å². The molecule has 0 amide bonds. The second-order valence-corrected chi connectivity index (χ2v) is 12.7. The maximum absolute atomic E-state index is 13.7. The van der Waals surface area contributed by atoms with Gasteiger partial charge in [0.15, 0.2) is 0 Å². The number of alkyl halides is 3. The van der Waals surface area contributed by atoms with Crippen molar-refractivity contribution in [1.82, 2.24) is 4.90 Å². The number of phosphoric acid groups is 1. The number of rotatable bonds is 16. The van der Waals surface area contributed by atoms with Gasteiger partial charge in [-0.2, -0.15) is 13.2 Å². The van der Waals surface area contributed by atoms with Crippen molar-refractivity contribution in [2.24, 2.45) is 0 Å². The van der Waals surface area contributed by atoms with E-state index in [1.807, 2.05) is 18.7 Å². The predicted molar refractivity (Wildman–Crippen MR) is 161 cm³/mol. The van der Waals surface area contributed by atoms with Gasteiger partial charge in [0.2, 0.25) is 0 Å². The van der Waals surface area contributed by atoms with Crippen LogP contribution in [0.3, 0.4) is 0 Å². The fourth-order valence-electron chi connectivity index (χ4n) is 4.77. The quantitative estimate of drug-likeness (QED) is 0.0941. The smallest absolute Gasteiger partial charge is 0.394 e. The van der Waals surface area contributed by atoms with E-state index < -0.39 is 51.1 Å². The molecule has 3 rings (SSSR count). The molecular formula is C29H37Cl2F3NO7P. The number of fused-ring (bicyclic) bond motifs is 3. The van der Waals surface area contributed by atoms with Gasteiger partial charge in [-0.3, -0.25) is 9.05 Å². The number of unbranched alkanes of at least 4 members (excludes halogenated alkanes) is 2. The van der Waals surface area contributed by atoms with Gasteiger partial charge in [-0.05, 0) is 78.0 Å². The summed E-state index contributed by atoms with van der Waals surface area (Å²) >= 11 is 12.7. The Morgan fingerprint density at radius 3 is 2.16 bits per heavy atom. The maximum atomic E-state index is 13.7. The Hall–Kier alpha value is -1.50. The highest BCUT2D eigenvalue weighted by atomic mass is 35.5. The fourth-order valence-corrected chi connectivity index (χ4v) is 6.26. The minimum atomic E-state index is -4.90. The summed E-state index contributed by atoms with van der Waals surface area (Å²) in [5.74, 6) is 0. The molecular weight excluding hydrogens is 633 g/mol. The highest BCUT2D eigenvalue weighted by molar-refractivity contribution is 7.47. The molecule has 0 saturated heterocycles. The molecule has 0 saturated carbocycles. The molecule has 0 bridgehead atoms. The molecule has 4 atom stereocenters. The van der Waals surface area contributed by atoms with E-state index in [4.69, 9.17) is 37.4 Å². The first kappa shape index (κ1) is 36.0. The van der Waals surface area contributed by atoms with Crippen molar-refractivity contribution in [2.45, 2.75) is 64.0 Å². The molecule has 8 nitrogen and oxygen atoms in total. The molecule has 0 aliphatic heterocycles. The van der Waals surface area contributed by atoms with Crippen LogP contribution in [0.4, 0.5) is 13.2 Å². The predicted octanol–water partition coefficient (Wildman–Crippen LogP) is 7.11. The Bertz CT molecular complexity index is 1420. The van der Waals surface area contributed by atoms with Crippen LogP contribution in [0.25, 0.3) is 21.5 Å². The van der Waals surface area contributed by atoms with Crippen LogP contribution in [0.5, 0.6) is 0 Å². The SMILES string of the molecule is CCCCN(CCCC)CC(OP(=O)(O)OCC(O)CO)C(O)c1cc2c(Cl)cc(Cl)cc2c2cc(C(F)(F)F)ccc12. The Morgan fingerprint density at radius 1 is 0.953 bits per heavy atom. The Kier molecular flexibility index (Phi) is 13.1.